The summed E-state index contributed by atoms with van der Waals surface area (Å²) in [6, 6.07) is 2.49. The van der Waals surface area contributed by atoms with Crippen molar-refractivity contribution < 1.29 is 12.8 Å². The summed E-state index contributed by atoms with van der Waals surface area (Å²) in [5.41, 5.74) is 0. The highest BCUT2D eigenvalue weighted by atomic mass is 32.2. The van der Waals surface area contributed by atoms with Crippen LogP contribution in [0.5, 0.6) is 0 Å². The molecule has 0 aliphatic carbocycles. The molecule has 0 spiro atoms. The van der Waals surface area contributed by atoms with E-state index in [1.807, 2.05) is 6.92 Å². The minimum absolute atomic E-state index is 0.381. The van der Waals surface area contributed by atoms with Crippen molar-refractivity contribution in [3.8, 4) is 0 Å². The van der Waals surface area contributed by atoms with Crippen LogP contribution in [0.25, 0.3) is 0 Å². The van der Waals surface area contributed by atoms with Crippen molar-refractivity contribution in [2.45, 2.75) is 11.9 Å². The number of piperazine rings is 1. The molecular weight excluding hydrogens is 257 g/mol. The summed E-state index contributed by atoms with van der Waals surface area (Å²) >= 11 is 0. The van der Waals surface area contributed by atoms with Gasteiger partial charge >= 0.3 is 0 Å². The number of rotatable bonds is 3. The molecule has 0 radical (unpaired) electrons. The molecule has 0 unspecified atom stereocenters. The second-order valence-electron chi connectivity index (χ2n) is 4.13. The molecule has 1 aromatic heterocycles. The Morgan fingerprint density at radius 3 is 2.56 bits per heavy atom. The molecule has 7 heteroatoms. The number of halogens is 1. The maximum Gasteiger partial charge on any atom is 0.263 e. The Balaban J connectivity index is 2.20. The molecule has 0 atom stereocenters. The molecule has 1 aromatic rings. The molecule has 1 aliphatic rings. The second-order valence-corrected chi connectivity index (χ2v) is 5.98. The molecule has 2 rings (SSSR count). The second kappa shape index (κ2) is 5.29. The minimum atomic E-state index is -3.80. The van der Waals surface area contributed by atoms with Crippen molar-refractivity contribution in [2.24, 2.45) is 0 Å². The first-order valence-corrected chi connectivity index (χ1v) is 7.32. The summed E-state index contributed by atoms with van der Waals surface area (Å²) in [7, 11) is -3.80. The topological polar surface area (TPSA) is 53.5 Å². The molecule has 0 amide bonds. The highest BCUT2D eigenvalue weighted by Crippen LogP contribution is 2.17. The predicted molar refractivity (Wildman–Crippen MR) is 65.1 cm³/mol. The number of pyridine rings is 1. The molecule has 0 N–H and O–H groups in total. The maximum absolute atomic E-state index is 13.5. The lowest BCUT2D eigenvalue weighted by Crippen LogP contribution is -2.48. The van der Waals surface area contributed by atoms with E-state index < -0.39 is 20.9 Å². The van der Waals surface area contributed by atoms with E-state index >= 15 is 0 Å². The molecule has 18 heavy (non-hydrogen) atoms. The highest BCUT2D eigenvalue weighted by molar-refractivity contribution is 7.89. The Kier molecular flexibility index (Phi) is 3.94. The van der Waals surface area contributed by atoms with E-state index in [9.17, 15) is 12.8 Å². The highest BCUT2D eigenvalue weighted by Gasteiger charge is 2.31. The van der Waals surface area contributed by atoms with E-state index in [1.54, 1.807) is 0 Å². The number of likely N-dealkylation sites (N-methyl/N-ethyl adjacent to an activating group) is 1. The summed E-state index contributed by atoms with van der Waals surface area (Å²) in [5.74, 6) is -0.796. The van der Waals surface area contributed by atoms with E-state index in [0.29, 0.717) is 26.2 Å². The predicted octanol–water partition coefficient (Wildman–Crippen LogP) is 0.547. The minimum Gasteiger partial charge on any atom is -0.301 e. The van der Waals surface area contributed by atoms with E-state index in [1.165, 1.54) is 16.6 Å². The molecular formula is C11H16FN3O2S. The van der Waals surface area contributed by atoms with Crippen molar-refractivity contribution >= 4 is 10.0 Å². The third kappa shape index (κ3) is 2.52. The van der Waals surface area contributed by atoms with Crippen molar-refractivity contribution in [3.63, 3.8) is 0 Å². The molecule has 100 valence electrons. The van der Waals surface area contributed by atoms with Gasteiger partial charge in [-0.1, -0.05) is 6.92 Å². The lowest BCUT2D eigenvalue weighted by molar-refractivity contribution is 0.196. The van der Waals surface area contributed by atoms with Crippen LogP contribution in [0.3, 0.4) is 0 Å². The van der Waals surface area contributed by atoms with Gasteiger partial charge in [-0.25, -0.2) is 17.8 Å². The molecule has 2 heterocycles. The molecule has 5 nitrogen and oxygen atoms in total. The Bertz CT molecular complexity index is 513. The fraction of sp³-hybridized carbons (Fsp3) is 0.545. The third-order valence-corrected chi connectivity index (χ3v) is 4.92. The molecule has 1 saturated heterocycles. The number of sulfonamides is 1. The Morgan fingerprint density at radius 1 is 1.33 bits per heavy atom. The number of nitrogens with zero attached hydrogens (tertiary/aromatic N) is 3. The number of hydrogen-bond acceptors (Lipinski definition) is 4. The van der Waals surface area contributed by atoms with E-state index in [2.05, 4.69) is 9.88 Å². The summed E-state index contributed by atoms with van der Waals surface area (Å²) < 4.78 is 39.2. The monoisotopic (exact) mass is 273 g/mol. The number of hydrogen-bond donors (Lipinski definition) is 0. The van der Waals surface area contributed by atoms with Gasteiger partial charge < -0.3 is 4.90 Å². The zero-order valence-corrected chi connectivity index (χ0v) is 11.0. The molecule has 1 aliphatic heterocycles. The summed E-state index contributed by atoms with van der Waals surface area (Å²) in [6.07, 6.45) is 1.29. The van der Waals surface area contributed by atoms with Gasteiger partial charge in [-0.2, -0.15) is 4.31 Å². The van der Waals surface area contributed by atoms with Crippen molar-refractivity contribution in [1.82, 2.24) is 14.2 Å². The first-order chi connectivity index (χ1) is 8.55. The van der Waals surface area contributed by atoms with Crippen LogP contribution in [0.15, 0.2) is 23.4 Å². The van der Waals surface area contributed by atoms with Gasteiger partial charge in [0, 0.05) is 32.4 Å². The third-order valence-electron chi connectivity index (χ3n) is 3.09. The van der Waals surface area contributed by atoms with Gasteiger partial charge in [-0.3, -0.25) is 0 Å². The normalized spacial score (nSPS) is 19.0. The summed E-state index contributed by atoms with van der Waals surface area (Å²) in [5, 5.41) is -0.477. The molecule has 0 bridgehead atoms. The van der Waals surface area contributed by atoms with Gasteiger partial charge in [0.05, 0.1) is 0 Å². The first kappa shape index (κ1) is 13.4. The molecule has 1 fully saturated rings. The van der Waals surface area contributed by atoms with Crippen LogP contribution in [-0.4, -0.2) is 55.3 Å². The van der Waals surface area contributed by atoms with Crippen LogP contribution < -0.4 is 0 Å². The number of aromatic nitrogens is 1. The lowest BCUT2D eigenvalue weighted by Gasteiger charge is -2.32. The SMILES string of the molecule is CCN1CCN(S(=O)(=O)c2ncccc2F)CC1. The summed E-state index contributed by atoms with van der Waals surface area (Å²) in [6.45, 7) is 5.03. The fourth-order valence-electron chi connectivity index (χ4n) is 1.97. The smallest absolute Gasteiger partial charge is 0.263 e. The van der Waals surface area contributed by atoms with E-state index in [4.69, 9.17) is 0 Å². The van der Waals surface area contributed by atoms with Crippen molar-refractivity contribution in [1.29, 1.82) is 0 Å². The molecule has 0 saturated carbocycles. The van der Waals surface area contributed by atoms with Crippen LogP contribution in [0.2, 0.25) is 0 Å². The standard InChI is InChI=1S/C11H16FN3O2S/c1-2-14-6-8-15(9-7-14)18(16,17)11-10(12)4-3-5-13-11/h3-5H,2,6-9H2,1H3. The van der Waals surface area contributed by atoms with Gasteiger partial charge in [0.25, 0.3) is 10.0 Å². The summed E-state index contributed by atoms with van der Waals surface area (Å²) in [4.78, 5) is 5.80. The first-order valence-electron chi connectivity index (χ1n) is 5.88. The average molecular weight is 273 g/mol. The van der Waals surface area contributed by atoms with Crippen LogP contribution in [0, 0.1) is 5.82 Å². The van der Waals surface area contributed by atoms with E-state index in [0.717, 1.165) is 12.6 Å². The maximum atomic E-state index is 13.5. The zero-order valence-electron chi connectivity index (χ0n) is 10.2. The quantitative estimate of drug-likeness (QED) is 0.807. The lowest BCUT2D eigenvalue weighted by atomic mass is 10.4. The Labute approximate surface area is 106 Å². The largest absolute Gasteiger partial charge is 0.301 e. The zero-order chi connectivity index (χ0) is 13.2. The van der Waals surface area contributed by atoms with Crippen LogP contribution in [-0.2, 0) is 10.0 Å². The Morgan fingerprint density at radius 2 is 2.00 bits per heavy atom. The van der Waals surface area contributed by atoms with Gasteiger partial charge in [0.15, 0.2) is 5.82 Å². The van der Waals surface area contributed by atoms with Crippen LogP contribution in [0.1, 0.15) is 6.92 Å². The van der Waals surface area contributed by atoms with Crippen LogP contribution in [0.4, 0.5) is 4.39 Å². The van der Waals surface area contributed by atoms with Gasteiger partial charge in [-0.05, 0) is 18.7 Å². The van der Waals surface area contributed by atoms with E-state index in [-0.39, 0.29) is 0 Å². The van der Waals surface area contributed by atoms with Crippen molar-refractivity contribution in [2.75, 3.05) is 32.7 Å². The van der Waals surface area contributed by atoms with Gasteiger partial charge in [0.2, 0.25) is 5.03 Å². The van der Waals surface area contributed by atoms with Crippen molar-refractivity contribution in [3.05, 3.63) is 24.1 Å². The Hall–Kier alpha value is -1.05. The van der Waals surface area contributed by atoms with Crippen LogP contribution >= 0.6 is 0 Å². The molecule has 0 aromatic carbocycles. The fourth-order valence-corrected chi connectivity index (χ4v) is 3.37. The van der Waals surface area contributed by atoms with Gasteiger partial charge in [0.1, 0.15) is 0 Å². The average Bonchev–Trinajstić information content (AvgIpc) is 2.39. The van der Waals surface area contributed by atoms with Gasteiger partial charge in [-0.15, -0.1) is 0 Å².